The summed E-state index contributed by atoms with van der Waals surface area (Å²) in [4.78, 5) is 23.9. The van der Waals surface area contributed by atoms with E-state index in [1.807, 2.05) is 6.92 Å². The van der Waals surface area contributed by atoms with Gasteiger partial charge in [-0.25, -0.2) is 18.0 Å². The molecule has 10 heteroatoms. The second-order valence-electron chi connectivity index (χ2n) is 6.45. The van der Waals surface area contributed by atoms with Gasteiger partial charge in [0.25, 0.3) is 10.0 Å². The zero-order valence-corrected chi connectivity index (χ0v) is 16.3. The molecule has 0 radical (unpaired) electrons. The molecular weight excluding hydrogens is 384 g/mol. The Morgan fingerprint density at radius 1 is 0.964 bits per heavy atom. The van der Waals surface area contributed by atoms with E-state index in [2.05, 4.69) is 4.72 Å². The van der Waals surface area contributed by atoms with Crippen LogP contribution in [-0.2, 0) is 30.7 Å². The van der Waals surface area contributed by atoms with Crippen LogP contribution in [0.15, 0.2) is 55.3 Å². The number of hydrogen-bond acceptors (Lipinski definition) is 5. The standard InChI is InChI=1S/C18H18N4O5S/c1-4-22-14-7-5-11(9-16(14)27-18(22)24)19-28(25,26)12-6-8-13-15(10-12)21(3)17(23)20(13)2/h5-10,19H,4H2,1-3H3. The van der Waals surface area contributed by atoms with Crippen molar-refractivity contribution >= 4 is 37.8 Å². The molecule has 0 aliphatic carbocycles. The molecule has 2 aromatic carbocycles. The first-order chi connectivity index (χ1) is 13.2. The molecule has 9 nitrogen and oxygen atoms in total. The lowest BCUT2D eigenvalue weighted by atomic mass is 10.3. The van der Waals surface area contributed by atoms with Crippen LogP contribution in [0, 0.1) is 0 Å². The summed E-state index contributed by atoms with van der Waals surface area (Å²) in [5, 5.41) is 0. The number of oxazole rings is 1. The maximum Gasteiger partial charge on any atom is 0.419 e. The van der Waals surface area contributed by atoms with Crippen molar-refractivity contribution in [2.75, 3.05) is 4.72 Å². The summed E-state index contributed by atoms with van der Waals surface area (Å²) in [6, 6.07) is 9.15. The van der Waals surface area contributed by atoms with Gasteiger partial charge < -0.3 is 4.42 Å². The maximum absolute atomic E-state index is 12.8. The average Bonchev–Trinajstić information content (AvgIpc) is 3.09. The number of aryl methyl sites for hydroxylation is 3. The Bertz CT molecular complexity index is 1450. The molecule has 0 saturated heterocycles. The highest BCUT2D eigenvalue weighted by molar-refractivity contribution is 7.92. The van der Waals surface area contributed by atoms with E-state index in [9.17, 15) is 18.0 Å². The highest BCUT2D eigenvalue weighted by atomic mass is 32.2. The fourth-order valence-corrected chi connectivity index (χ4v) is 4.37. The number of nitrogens with one attached hydrogen (secondary N) is 1. The number of sulfonamides is 1. The monoisotopic (exact) mass is 402 g/mol. The lowest BCUT2D eigenvalue weighted by Gasteiger charge is -2.09. The summed E-state index contributed by atoms with van der Waals surface area (Å²) in [6.07, 6.45) is 0. The van der Waals surface area contributed by atoms with Crippen LogP contribution in [0.2, 0.25) is 0 Å². The molecule has 0 spiro atoms. The molecule has 0 fully saturated rings. The topological polar surface area (TPSA) is 108 Å². The van der Waals surface area contributed by atoms with Gasteiger partial charge in [0.1, 0.15) is 0 Å². The van der Waals surface area contributed by atoms with Crippen LogP contribution in [0.1, 0.15) is 6.92 Å². The van der Waals surface area contributed by atoms with Crippen LogP contribution in [-0.4, -0.2) is 22.1 Å². The highest BCUT2D eigenvalue weighted by Gasteiger charge is 2.18. The van der Waals surface area contributed by atoms with Crippen molar-refractivity contribution < 1.29 is 12.8 Å². The SMILES string of the molecule is CCn1c(=O)oc2cc(NS(=O)(=O)c3ccc4c(c3)n(C)c(=O)n4C)ccc21. The van der Waals surface area contributed by atoms with Gasteiger partial charge in [-0.15, -0.1) is 0 Å². The minimum absolute atomic E-state index is 0.0221. The molecule has 0 unspecified atom stereocenters. The zero-order valence-electron chi connectivity index (χ0n) is 15.5. The molecule has 4 rings (SSSR count). The maximum atomic E-state index is 12.8. The zero-order chi connectivity index (χ0) is 20.2. The third-order valence-electron chi connectivity index (χ3n) is 4.79. The number of hydrogen-bond donors (Lipinski definition) is 1. The van der Waals surface area contributed by atoms with Crippen LogP contribution in [0.25, 0.3) is 22.1 Å². The summed E-state index contributed by atoms with van der Waals surface area (Å²) in [5.41, 5.74) is 2.07. The van der Waals surface area contributed by atoms with Crippen LogP contribution < -0.4 is 16.2 Å². The summed E-state index contributed by atoms with van der Waals surface area (Å²) in [5.74, 6) is -0.493. The van der Waals surface area contributed by atoms with Crippen molar-refractivity contribution in [1.82, 2.24) is 13.7 Å². The molecule has 0 aliphatic rings. The molecule has 4 aromatic rings. The van der Waals surface area contributed by atoms with Gasteiger partial charge in [0.05, 0.1) is 27.1 Å². The fourth-order valence-electron chi connectivity index (χ4n) is 3.30. The Morgan fingerprint density at radius 3 is 2.36 bits per heavy atom. The molecule has 28 heavy (non-hydrogen) atoms. The Balaban J connectivity index is 1.76. The van der Waals surface area contributed by atoms with E-state index in [4.69, 9.17) is 4.42 Å². The van der Waals surface area contributed by atoms with Crippen LogP contribution >= 0.6 is 0 Å². The van der Waals surface area contributed by atoms with Crippen molar-refractivity contribution in [3.63, 3.8) is 0 Å². The molecule has 2 heterocycles. The number of imidazole rings is 1. The second-order valence-corrected chi connectivity index (χ2v) is 8.13. The molecule has 2 aromatic heterocycles. The lowest BCUT2D eigenvalue weighted by Crippen LogP contribution is -2.19. The van der Waals surface area contributed by atoms with Gasteiger partial charge in [0, 0.05) is 26.7 Å². The first kappa shape index (κ1) is 18.1. The smallest absolute Gasteiger partial charge is 0.408 e. The van der Waals surface area contributed by atoms with Crippen LogP contribution in [0.5, 0.6) is 0 Å². The number of nitrogens with zero attached hydrogens (tertiary/aromatic N) is 3. The number of rotatable bonds is 4. The van der Waals surface area contributed by atoms with Gasteiger partial charge in [0.15, 0.2) is 5.58 Å². The van der Waals surface area contributed by atoms with E-state index in [0.717, 1.165) is 0 Å². The molecular formula is C18H18N4O5S. The summed E-state index contributed by atoms with van der Waals surface area (Å²) in [6.45, 7) is 2.27. The minimum Gasteiger partial charge on any atom is -0.408 e. The van der Waals surface area contributed by atoms with Crippen molar-refractivity contribution in [2.24, 2.45) is 14.1 Å². The predicted molar refractivity (Wildman–Crippen MR) is 105 cm³/mol. The number of benzene rings is 2. The van der Waals surface area contributed by atoms with Crippen molar-refractivity contribution in [2.45, 2.75) is 18.4 Å². The van der Waals surface area contributed by atoms with E-state index >= 15 is 0 Å². The van der Waals surface area contributed by atoms with Gasteiger partial charge in [-0.05, 0) is 37.3 Å². The quantitative estimate of drug-likeness (QED) is 0.558. The largest absolute Gasteiger partial charge is 0.419 e. The fraction of sp³-hybridized carbons (Fsp3) is 0.222. The van der Waals surface area contributed by atoms with Gasteiger partial charge in [0.2, 0.25) is 0 Å². The second kappa shape index (κ2) is 6.13. The van der Waals surface area contributed by atoms with Crippen molar-refractivity contribution in [1.29, 1.82) is 0 Å². The Morgan fingerprint density at radius 2 is 1.64 bits per heavy atom. The number of anilines is 1. The lowest BCUT2D eigenvalue weighted by molar-refractivity contribution is 0.513. The average molecular weight is 402 g/mol. The number of aromatic nitrogens is 3. The minimum atomic E-state index is -3.90. The first-order valence-corrected chi connectivity index (χ1v) is 10.0. The molecule has 0 atom stereocenters. The highest BCUT2D eigenvalue weighted by Crippen LogP contribution is 2.23. The molecule has 0 saturated carbocycles. The molecule has 1 N–H and O–H groups in total. The molecule has 0 aliphatic heterocycles. The van der Waals surface area contributed by atoms with Gasteiger partial charge >= 0.3 is 11.4 Å². The van der Waals surface area contributed by atoms with E-state index < -0.39 is 15.8 Å². The Kier molecular flexibility index (Phi) is 3.96. The van der Waals surface area contributed by atoms with Gasteiger partial charge in [-0.3, -0.25) is 18.4 Å². The normalized spacial score (nSPS) is 12.1. The van der Waals surface area contributed by atoms with Crippen molar-refractivity contribution in [3.8, 4) is 0 Å². The molecule has 0 amide bonds. The third-order valence-corrected chi connectivity index (χ3v) is 6.17. The van der Waals surface area contributed by atoms with Crippen molar-refractivity contribution in [3.05, 3.63) is 57.4 Å². The van der Waals surface area contributed by atoms with E-state index in [0.29, 0.717) is 28.7 Å². The van der Waals surface area contributed by atoms with Gasteiger partial charge in [-0.2, -0.15) is 0 Å². The van der Waals surface area contributed by atoms with Gasteiger partial charge in [-0.1, -0.05) is 0 Å². The molecule has 0 bridgehead atoms. The summed E-state index contributed by atoms with van der Waals surface area (Å²) >= 11 is 0. The predicted octanol–water partition coefficient (Wildman–Crippen LogP) is 1.61. The Hall–Kier alpha value is -3.27. The van der Waals surface area contributed by atoms with E-state index in [1.54, 1.807) is 32.3 Å². The number of fused-ring (bicyclic) bond motifs is 2. The molecule has 146 valence electrons. The van der Waals surface area contributed by atoms with Crippen LogP contribution in [0.4, 0.5) is 5.69 Å². The third kappa shape index (κ3) is 2.64. The summed E-state index contributed by atoms with van der Waals surface area (Å²) in [7, 11) is -0.690. The van der Waals surface area contributed by atoms with E-state index in [-0.39, 0.29) is 16.3 Å². The van der Waals surface area contributed by atoms with Crippen LogP contribution in [0.3, 0.4) is 0 Å². The first-order valence-electron chi connectivity index (χ1n) is 8.54. The van der Waals surface area contributed by atoms with E-state index in [1.165, 1.54) is 31.9 Å². The summed E-state index contributed by atoms with van der Waals surface area (Å²) < 4.78 is 37.6. The Labute approximate surface area is 159 Å².